The summed E-state index contributed by atoms with van der Waals surface area (Å²) in [4.78, 5) is 12.5. The summed E-state index contributed by atoms with van der Waals surface area (Å²) >= 11 is 0. The largest absolute Gasteiger partial charge is 0.311 e. The van der Waals surface area contributed by atoms with Crippen molar-refractivity contribution in [2.45, 2.75) is 0 Å². The van der Waals surface area contributed by atoms with Crippen molar-refractivity contribution in [3.8, 4) is 101 Å². The number of aromatic nitrogens is 2. The number of hydrogen-bond donors (Lipinski definition) is 0. The lowest BCUT2D eigenvalue weighted by molar-refractivity contribution is 1.18. The lowest BCUT2D eigenvalue weighted by Crippen LogP contribution is -2.09. The van der Waals surface area contributed by atoms with Crippen LogP contribution in [0.15, 0.2) is 297 Å². The summed E-state index contributed by atoms with van der Waals surface area (Å²) in [6.07, 6.45) is 0. The van der Waals surface area contributed by atoms with Crippen LogP contribution in [0.3, 0.4) is 0 Å². The summed E-state index contributed by atoms with van der Waals surface area (Å²) in [5, 5.41) is 0. The van der Waals surface area contributed by atoms with Gasteiger partial charge < -0.3 is 4.90 Å². The van der Waals surface area contributed by atoms with Crippen LogP contribution < -0.4 is 4.90 Å². The van der Waals surface area contributed by atoms with Crippen molar-refractivity contribution in [2.24, 2.45) is 0 Å². The van der Waals surface area contributed by atoms with Crippen molar-refractivity contribution in [3.63, 3.8) is 0 Å². The van der Waals surface area contributed by atoms with Crippen LogP contribution in [0, 0.1) is 0 Å². The van der Waals surface area contributed by atoms with Gasteiger partial charge in [0, 0.05) is 33.8 Å². The molecule has 0 atom stereocenters. The summed E-state index contributed by atoms with van der Waals surface area (Å²) < 4.78 is 0. The Hall–Kier alpha value is -9.70. The molecular formula is C70H49N3. The van der Waals surface area contributed by atoms with Gasteiger partial charge in [-0.25, -0.2) is 9.97 Å². The van der Waals surface area contributed by atoms with Crippen molar-refractivity contribution >= 4 is 17.1 Å². The van der Waals surface area contributed by atoms with E-state index in [1.165, 1.54) is 55.6 Å². The van der Waals surface area contributed by atoms with Crippen molar-refractivity contribution in [3.05, 3.63) is 297 Å². The summed E-state index contributed by atoms with van der Waals surface area (Å²) in [7, 11) is 0. The molecule has 0 saturated heterocycles. The second-order valence-electron chi connectivity index (χ2n) is 18.2. The Kier molecular flexibility index (Phi) is 12.4. The molecule has 0 saturated carbocycles. The topological polar surface area (TPSA) is 29.0 Å². The Morgan fingerprint density at radius 3 is 0.616 bits per heavy atom. The van der Waals surface area contributed by atoms with E-state index in [0.717, 1.165) is 56.3 Å². The highest BCUT2D eigenvalue weighted by atomic mass is 15.1. The fourth-order valence-corrected chi connectivity index (χ4v) is 9.58. The van der Waals surface area contributed by atoms with E-state index in [2.05, 4.69) is 278 Å². The van der Waals surface area contributed by atoms with Gasteiger partial charge in [-0.1, -0.05) is 255 Å². The van der Waals surface area contributed by atoms with Gasteiger partial charge in [-0.2, -0.15) is 0 Å². The molecule has 0 radical (unpaired) electrons. The van der Waals surface area contributed by atoms with Crippen LogP contribution in [0.5, 0.6) is 0 Å². The van der Waals surface area contributed by atoms with E-state index in [4.69, 9.17) is 9.97 Å². The summed E-state index contributed by atoms with van der Waals surface area (Å²) in [6.45, 7) is 0. The van der Waals surface area contributed by atoms with E-state index in [-0.39, 0.29) is 0 Å². The fourth-order valence-electron chi connectivity index (χ4n) is 9.58. The summed E-state index contributed by atoms with van der Waals surface area (Å²) in [6, 6.07) is 106. The fraction of sp³-hybridized carbons (Fsp3) is 0. The molecule has 1 heterocycles. The van der Waals surface area contributed by atoms with Crippen LogP contribution >= 0.6 is 0 Å². The van der Waals surface area contributed by atoms with E-state index in [1.54, 1.807) is 0 Å². The van der Waals surface area contributed by atoms with Crippen LogP contribution in [-0.2, 0) is 0 Å². The monoisotopic (exact) mass is 931 g/mol. The van der Waals surface area contributed by atoms with Crippen LogP contribution in [0.4, 0.5) is 17.1 Å². The first-order chi connectivity index (χ1) is 36.1. The molecule has 3 nitrogen and oxygen atoms in total. The van der Waals surface area contributed by atoms with Gasteiger partial charge in [0.15, 0.2) is 5.82 Å². The lowest BCUT2D eigenvalue weighted by atomic mass is 9.99. The summed E-state index contributed by atoms with van der Waals surface area (Å²) in [5.41, 5.74) is 22.2. The molecule has 12 aromatic rings. The van der Waals surface area contributed by atoms with Crippen molar-refractivity contribution in [1.29, 1.82) is 0 Å². The quantitative estimate of drug-likeness (QED) is 0.122. The molecule has 0 aliphatic rings. The van der Waals surface area contributed by atoms with E-state index in [0.29, 0.717) is 5.82 Å². The van der Waals surface area contributed by atoms with E-state index < -0.39 is 0 Å². The maximum atomic E-state index is 5.11. The van der Waals surface area contributed by atoms with E-state index >= 15 is 0 Å². The van der Waals surface area contributed by atoms with E-state index in [9.17, 15) is 0 Å². The predicted octanol–water partition coefficient (Wildman–Crippen LogP) is 18.9. The molecule has 0 unspecified atom stereocenters. The Bertz CT molecular complexity index is 3600. The predicted molar refractivity (Wildman–Crippen MR) is 306 cm³/mol. The van der Waals surface area contributed by atoms with Crippen molar-refractivity contribution in [2.75, 3.05) is 4.90 Å². The van der Waals surface area contributed by atoms with Gasteiger partial charge in [-0.05, 0) is 109 Å². The number of benzene rings is 11. The highest BCUT2D eigenvalue weighted by Crippen LogP contribution is 2.39. The highest BCUT2D eigenvalue weighted by Gasteiger charge is 2.16. The van der Waals surface area contributed by atoms with Gasteiger partial charge in [0.2, 0.25) is 0 Å². The Balaban J connectivity index is 0.837. The van der Waals surface area contributed by atoms with Gasteiger partial charge in [0.05, 0.1) is 11.4 Å². The lowest BCUT2D eigenvalue weighted by Gasteiger charge is -2.26. The summed E-state index contributed by atoms with van der Waals surface area (Å²) in [5.74, 6) is 0.698. The normalized spacial score (nSPS) is 11.0. The maximum absolute atomic E-state index is 5.11. The standard InChI is InChI=1S/C70H49N3/c1-5-13-50(14-6-1)53-21-25-56(26-22-53)59-37-43-65(44-38-59)73(66-45-39-60(40-46-66)57-27-23-54(24-28-57)51-15-7-2-8-16-51)67-47-41-61(42-48-67)58-31-35-63(36-32-58)69-49-68(71-70(72-69)64-19-11-4-12-20-64)62-33-29-55(30-34-62)52-17-9-3-10-18-52/h1-49H. The zero-order chi connectivity index (χ0) is 48.8. The molecule has 0 fully saturated rings. The van der Waals surface area contributed by atoms with Gasteiger partial charge in [-0.15, -0.1) is 0 Å². The van der Waals surface area contributed by atoms with Gasteiger partial charge in [0.1, 0.15) is 0 Å². The molecule has 0 spiro atoms. The van der Waals surface area contributed by atoms with E-state index in [1.807, 2.05) is 24.3 Å². The second kappa shape index (κ2) is 20.3. The minimum absolute atomic E-state index is 0.698. The Morgan fingerprint density at radius 1 is 0.178 bits per heavy atom. The van der Waals surface area contributed by atoms with Crippen LogP contribution in [-0.4, -0.2) is 9.97 Å². The van der Waals surface area contributed by atoms with Gasteiger partial charge >= 0.3 is 0 Å². The first kappa shape index (κ1) is 44.5. The molecule has 1 aromatic heterocycles. The smallest absolute Gasteiger partial charge is 0.160 e. The minimum Gasteiger partial charge on any atom is -0.311 e. The van der Waals surface area contributed by atoms with Crippen LogP contribution in [0.1, 0.15) is 0 Å². The molecule has 73 heavy (non-hydrogen) atoms. The van der Waals surface area contributed by atoms with Gasteiger partial charge in [-0.3, -0.25) is 0 Å². The Morgan fingerprint density at radius 2 is 0.370 bits per heavy atom. The maximum Gasteiger partial charge on any atom is 0.160 e. The number of hydrogen-bond acceptors (Lipinski definition) is 3. The van der Waals surface area contributed by atoms with Crippen molar-refractivity contribution < 1.29 is 0 Å². The third-order valence-electron chi connectivity index (χ3n) is 13.6. The molecule has 344 valence electrons. The highest BCUT2D eigenvalue weighted by molar-refractivity contribution is 5.83. The molecule has 0 aliphatic heterocycles. The molecular weight excluding hydrogens is 883 g/mol. The first-order valence-electron chi connectivity index (χ1n) is 24.8. The number of nitrogens with zero attached hydrogens (tertiary/aromatic N) is 3. The zero-order valence-electron chi connectivity index (χ0n) is 40.1. The van der Waals surface area contributed by atoms with Crippen LogP contribution in [0.2, 0.25) is 0 Å². The zero-order valence-corrected chi connectivity index (χ0v) is 40.1. The molecule has 0 amide bonds. The van der Waals surface area contributed by atoms with Crippen molar-refractivity contribution in [1.82, 2.24) is 9.97 Å². The number of anilines is 3. The second-order valence-corrected chi connectivity index (χ2v) is 18.2. The Labute approximate surface area is 427 Å². The average molecular weight is 932 g/mol. The van der Waals surface area contributed by atoms with Gasteiger partial charge in [0.25, 0.3) is 0 Å². The molecule has 11 aromatic carbocycles. The first-order valence-corrected chi connectivity index (χ1v) is 24.8. The third kappa shape index (κ3) is 9.77. The molecule has 12 rings (SSSR count). The molecule has 0 bridgehead atoms. The number of rotatable bonds is 12. The molecule has 0 aliphatic carbocycles. The molecule has 0 N–H and O–H groups in total. The third-order valence-corrected chi connectivity index (χ3v) is 13.6. The SMILES string of the molecule is c1ccc(-c2ccc(-c3ccc(N(c4ccc(-c5ccc(-c6ccccc6)cc5)cc4)c4ccc(-c5ccc(-c6cc(-c7ccc(-c8ccccc8)cc7)nc(-c7ccccc7)n6)cc5)cc4)cc3)cc2)cc1. The minimum atomic E-state index is 0.698. The molecule has 3 heteroatoms. The average Bonchev–Trinajstić information content (AvgIpc) is 3.49. The van der Waals surface area contributed by atoms with Crippen LogP contribution in [0.25, 0.3) is 101 Å².